The molecule has 26 heteroatoms. The van der Waals surface area contributed by atoms with Crippen LogP contribution in [0.2, 0.25) is 0 Å². The molecule has 0 spiro atoms. The summed E-state index contributed by atoms with van der Waals surface area (Å²) in [5, 5.41) is 40.0. The number of ether oxygens (including phenoxy) is 2. The standard InChI is InChI=1S/C25H34N6O6S.C25H33N5O6S.CH4.H2O/c1-4-6-21-20(16-26-34)17(3)23-25(33)27-24(28-31(21)23)19-15-18(7-8-22(19)37-5-2)38(35,36)30-11-9-29(10-12-30)13-14-32;1-4-6-21-20(16-32)17(3)23-25(33)26-24(27-30(21)23)19-15-18(7-8-22(19)36-5-2)37(34,35)29-11-9-28(10-12-29)13-14-31;;/h7-8,15-16,32,34H,4-6,9-14H2,1-3H3,(H,27,28,33);7-8,15-16,31H,4-6,9-14H2,1-3H3,(H,26,27,33);1H4;1H2/b26-16+;;;. The van der Waals surface area contributed by atoms with E-state index >= 15 is 0 Å². The van der Waals surface area contributed by atoms with E-state index in [0.717, 1.165) is 19.1 Å². The number of rotatable bonds is 20. The lowest BCUT2D eigenvalue weighted by Gasteiger charge is -2.33. The van der Waals surface area contributed by atoms with Crippen molar-refractivity contribution in [2.45, 2.75) is 84.4 Å². The van der Waals surface area contributed by atoms with Gasteiger partial charge in [-0.15, -0.1) is 10.2 Å². The SMILES string of the molecule is C.CCCc1c(/C=N/O)c(C)c2c(=O)[nH]c(-c3cc(S(=O)(=O)N4CCN(CCO)CC4)ccc3OCC)nn12.CCCc1c(C=O)c(C)c2c(=O)[nH]c(-c3cc(S(=O)(=O)N4CCN(CCO)CC4)ccc3OCC)nn12.O. The zero-order valence-corrected chi connectivity index (χ0v) is 45.3. The summed E-state index contributed by atoms with van der Waals surface area (Å²) in [6.45, 7) is 16.2. The molecule has 4 aromatic heterocycles. The lowest BCUT2D eigenvalue weighted by molar-refractivity contribution is 0.112. The third-order valence-corrected chi connectivity index (χ3v) is 17.2. The molecule has 2 aliphatic heterocycles. The van der Waals surface area contributed by atoms with E-state index in [1.807, 2.05) is 37.5 Å². The van der Waals surface area contributed by atoms with Crippen molar-refractivity contribution in [3.05, 3.63) is 90.7 Å². The Labute approximate surface area is 447 Å². The predicted octanol–water partition coefficient (Wildman–Crippen LogP) is 2.73. The molecule has 0 aliphatic carbocycles. The first-order chi connectivity index (χ1) is 36.0. The van der Waals surface area contributed by atoms with Gasteiger partial charge in [-0.1, -0.05) is 39.3 Å². The molecular formula is C51H73N11O13S2. The molecule has 2 fully saturated rings. The van der Waals surface area contributed by atoms with Crippen molar-refractivity contribution in [2.75, 3.05) is 91.9 Å². The number of hydrogen-bond donors (Lipinski definition) is 5. The second-order valence-corrected chi connectivity index (χ2v) is 22.0. The number of sulfonamides is 2. The van der Waals surface area contributed by atoms with Gasteiger partial charge in [-0.2, -0.15) is 8.61 Å². The summed E-state index contributed by atoms with van der Waals surface area (Å²) in [5.74, 6) is 1.08. The number of nitrogens with one attached hydrogen (secondary N) is 2. The maximum absolute atomic E-state index is 13.5. The topological polar surface area (TPSA) is 322 Å². The number of aliphatic hydroxyl groups excluding tert-OH is 2. The molecule has 2 aliphatic rings. The van der Waals surface area contributed by atoms with Crippen LogP contribution in [0.1, 0.15) is 86.4 Å². The monoisotopic (exact) mass is 1110 g/mol. The highest BCUT2D eigenvalue weighted by Gasteiger charge is 2.32. The maximum atomic E-state index is 13.5. The van der Waals surface area contributed by atoms with Crippen LogP contribution < -0.4 is 20.6 Å². The van der Waals surface area contributed by atoms with Crippen molar-refractivity contribution in [1.82, 2.24) is 47.6 Å². The van der Waals surface area contributed by atoms with E-state index < -0.39 is 31.2 Å². The molecule has 8 rings (SSSR count). The lowest BCUT2D eigenvalue weighted by Crippen LogP contribution is -2.49. The fraction of sp³-hybridized carbons (Fsp3) is 0.490. The average Bonchev–Trinajstić information content (AvgIpc) is 3.88. The van der Waals surface area contributed by atoms with Crippen LogP contribution in [0.3, 0.4) is 0 Å². The van der Waals surface area contributed by atoms with Crippen LogP contribution in [0.5, 0.6) is 11.5 Å². The van der Waals surface area contributed by atoms with Crippen LogP contribution >= 0.6 is 0 Å². The van der Waals surface area contributed by atoms with Gasteiger partial charge in [-0.05, 0) is 88.1 Å². The Morgan fingerprint density at radius 3 is 1.39 bits per heavy atom. The van der Waals surface area contributed by atoms with Crippen LogP contribution in [-0.2, 0) is 32.9 Å². The second kappa shape index (κ2) is 26.8. The number of benzene rings is 2. The van der Waals surface area contributed by atoms with Gasteiger partial charge in [0, 0.05) is 76.6 Å². The molecule has 0 unspecified atom stereocenters. The summed E-state index contributed by atoms with van der Waals surface area (Å²) in [6, 6.07) is 9.10. The molecule has 2 aromatic carbocycles. The Morgan fingerprint density at radius 2 is 1.04 bits per heavy atom. The molecule has 2 saturated heterocycles. The zero-order chi connectivity index (χ0) is 54.2. The van der Waals surface area contributed by atoms with E-state index in [1.54, 1.807) is 30.5 Å². The van der Waals surface area contributed by atoms with Crippen molar-refractivity contribution < 1.29 is 52.0 Å². The van der Waals surface area contributed by atoms with E-state index in [2.05, 4.69) is 20.2 Å². The van der Waals surface area contributed by atoms with Gasteiger partial charge in [-0.3, -0.25) is 24.2 Å². The third kappa shape index (κ3) is 12.7. The van der Waals surface area contributed by atoms with Crippen molar-refractivity contribution in [1.29, 1.82) is 0 Å². The van der Waals surface area contributed by atoms with E-state index in [4.69, 9.17) is 19.7 Å². The summed E-state index contributed by atoms with van der Waals surface area (Å²) in [7, 11) is -7.65. The molecule has 0 atom stereocenters. The number of H-pyrrole nitrogens is 2. The minimum absolute atomic E-state index is 0. The number of aldehydes is 1. The minimum Gasteiger partial charge on any atom is -0.493 e. The van der Waals surface area contributed by atoms with Crippen LogP contribution in [0.25, 0.3) is 33.8 Å². The van der Waals surface area contributed by atoms with E-state index in [1.165, 1.54) is 43.6 Å². The van der Waals surface area contributed by atoms with Crippen molar-refractivity contribution in [2.24, 2.45) is 5.16 Å². The Bertz CT molecular complexity index is 3390. The van der Waals surface area contributed by atoms with Gasteiger partial charge in [0.25, 0.3) is 11.1 Å². The number of fused-ring (bicyclic) bond motifs is 2. The van der Waals surface area contributed by atoms with Gasteiger partial charge in [0.1, 0.15) is 22.5 Å². The summed E-state index contributed by atoms with van der Waals surface area (Å²) in [4.78, 5) is 47.9. The zero-order valence-electron chi connectivity index (χ0n) is 43.7. The average molecular weight is 1110 g/mol. The second-order valence-electron chi connectivity index (χ2n) is 18.1. The molecule has 77 heavy (non-hydrogen) atoms. The number of aromatic nitrogens is 6. The first-order valence-corrected chi connectivity index (χ1v) is 28.0. The van der Waals surface area contributed by atoms with Crippen LogP contribution in [-0.4, -0.2) is 190 Å². The number of carbonyl (C=O) groups is 1. The van der Waals surface area contributed by atoms with Crippen LogP contribution in [0.15, 0.2) is 60.9 Å². The number of aliphatic hydroxyl groups is 2. The first kappa shape index (κ1) is 61.5. The summed E-state index contributed by atoms with van der Waals surface area (Å²) in [5.41, 5.74) is 4.07. The number of nitrogens with zero attached hydrogens (tertiary/aromatic N) is 9. The van der Waals surface area contributed by atoms with Crippen molar-refractivity contribution >= 4 is 43.6 Å². The van der Waals surface area contributed by atoms with E-state index in [9.17, 15) is 41.5 Å². The Balaban J connectivity index is 0.000000277. The predicted molar refractivity (Wildman–Crippen MR) is 292 cm³/mol. The molecule has 7 N–H and O–H groups in total. The highest BCUT2D eigenvalue weighted by atomic mass is 32.2. The van der Waals surface area contributed by atoms with Crippen molar-refractivity contribution in [3.8, 4) is 34.3 Å². The summed E-state index contributed by atoms with van der Waals surface area (Å²) in [6.07, 6.45) is 4.69. The van der Waals surface area contributed by atoms with Gasteiger partial charge in [0.15, 0.2) is 17.9 Å². The van der Waals surface area contributed by atoms with Crippen LogP contribution in [0.4, 0.5) is 0 Å². The van der Waals surface area contributed by atoms with E-state index in [-0.39, 0.29) is 53.1 Å². The highest BCUT2D eigenvalue weighted by Crippen LogP contribution is 2.34. The van der Waals surface area contributed by atoms with Gasteiger partial charge < -0.3 is 40.3 Å². The Kier molecular flexibility index (Phi) is 21.4. The number of carbonyl (C=O) groups excluding carboxylic acids is 1. The number of oxime groups is 1. The van der Waals surface area contributed by atoms with Crippen LogP contribution in [0, 0.1) is 13.8 Å². The highest BCUT2D eigenvalue weighted by molar-refractivity contribution is 7.89. The fourth-order valence-corrected chi connectivity index (χ4v) is 12.6. The summed E-state index contributed by atoms with van der Waals surface area (Å²) >= 11 is 0. The molecule has 24 nitrogen and oxygen atoms in total. The largest absolute Gasteiger partial charge is 0.493 e. The van der Waals surface area contributed by atoms with Crippen molar-refractivity contribution in [3.63, 3.8) is 0 Å². The number of aromatic amines is 2. The summed E-state index contributed by atoms with van der Waals surface area (Å²) < 4.78 is 71.5. The van der Waals surface area contributed by atoms with Gasteiger partial charge in [0.2, 0.25) is 20.0 Å². The Morgan fingerprint density at radius 1 is 0.649 bits per heavy atom. The molecule has 6 heterocycles. The minimum atomic E-state index is -3.83. The molecule has 0 bridgehead atoms. The quantitative estimate of drug-likeness (QED) is 0.0318. The first-order valence-electron chi connectivity index (χ1n) is 25.2. The number of piperazine rings is 2. The molecule has 0 amide bonds. The number of β-amino-alcohol motifs (C(OH)–C–C–N with tert-alkyl or cyclic N) is 2. The normalized spacial score (nSPS) is 15.1. The molecule has 422 valence electrons. The van der Waals surface area contributed by atoms with Gasteiger partial charge >= 0.3 is 0 Å². The third-order valence-electron chi connectivity index (χ3n) is 13.4. The maximum Gasteiger partial charge on any atom is 0.275 e. The Hall–Kier alpha value is -6.36. The van der Waals surface area contributed by atoms with Gasteiger partial charge in [0.05, 0.1) is 64.9 Å². The molecule has 0 saturated carbocycles. The molecule has 0 radical (unpaired) electrons. The van der Waals surface area contributed by atoms with Gasteiger partial charge in [-0.25, -0.2) is 25.9 Å². The molecule has 6 aromatic rings. The number of aryl methyl sites for hydroxylation is 4. The van der Waals surface area contributed by atoms with E-state index in [0.29, 0.717) is 153 Å². The lowest BCUT2D eigenvalue weighted by atomic mass is 10.1. The fourth-order valence-electron chi connectivity index (χ4n) is 9.66. The molecular weight excluding hydrogens is 1040 g/mol. The number of hydrogen-bond acceptors (Lipinski definition) is 17. The smallest absolute Gasteiger partial charge is 0.275 e.